The summed E-state index contributed by atoms with van der Waals surface area (Å²) in [5.41, 5.74) is 2.54. The Morgan fingerprint density at radius 2 is 2.57 bits per heavy atom. The van der Waals surface area contributed by atoms with Crippen molar-refractivity contribution in [3.05, 3.63) is 23.0 Å². The first-order chi connectivity index (χ1) is 6.86. The number of aryl methyl sites for hydroxylation is 1. The van der Waals surface area contributed by atoms with E-state index in [1.807, 2.05) is 0 Å². The van der Waals surface area contributed by atoms with Crippen LogP contribution >= 0.6 is 11.3 Å². The maximum Gasteiger partial charge on any atom is 0.194 e. The Morgan fingerprint density at radius 3 is 3.36 bits per heavy atom. The molecule has 2 aromatic heterocycles. The van der Waals surface area contributed by atoms with Crippen LogP contribution < -0.4 is 5.32 Å². The predicted octanol–water partition coefficient (Wildman–Crippen LogP) is 2.13. The van der Waals surface area contributed by atoms with Crippen LogP contribution in [0.5, 0.6) is 0 Å². The Bertz CT molecular complexity index is 451. The molecule has 3 nitrogen and oxygen atoms in total. The van der Waals surface area contributed by atoms with Crippen LogP contribution in [0.25, 0.3) is 4.96 Å². The summed E-state index contributed by atoms with van der Waals surface area (Å²) in [5, 5.41) is 5.62. The van der Waals surface area contributed by atoms with E-state index in [1.165, 1.54) is 24.2 Å². The molecule has 0 amide bonds. The Labute approximate surface area is 86.8 Å². The van der Waals surface area contributed by atoms with Crippen molar-refractivity contribution in [2.24, 2.45) is 0 Å². The molecule has 4 heteroatoms. The normalized spacial score (nSPS) is 22.2. The van der Waals surface area contributed by atoms with E-state index in [0.717, 1.165) is 11.5 Å². The third-order valence-corrected chi connectivity index (χ3v) is 3.63. The summed E-state index contributed by atoms with van der Waals surface area (Å²) >= 11 is 1.71. The lowest BCUT2D eigenvalue weighted by Gasteiger charge is -2.09. The van der Waals surface area contributed by atoms with Gasteiger partial charge in [0, 0.05) is 17.6 Å². The van der Waals surface area contributed by atoms with E-state index in [1.54, 1.807) is 11.3 Å². The lowest BCUT2D eigenvalue weighted by Crippen LogP contribution is -2.15. The molecule has 3 heterocycles. The van der Waals surface area contributed by atoms with E-state index >= 15 is 0 Å². The quantitative estimate of drug-likeness (QED) is 0.776. The second-order valence-electron chi connectivity index (χ2n) is 3.79. The van der Waals surface area contributed by atoms with Crippen molar-refractivity contribution in [2.75, 3.05) is 6.54 Å². The zero-order chi connectivity index (χ0) is 9.54. The SMILES string of the molecule is Cc1nc2sccn2c1C1CCCN1. The number of rotatable bonds is 1. The van der Waals surface area contributed by atoms with E-state index in [2.05, 4.69) is 33.2 Å². The molecule has 1 fully saturated rings. The highest BCUT2D eigenvalue weighted by Crippen LogP contribution is 2.28. The van der Waals surface area contributed by atoms with Gasteiger partial charge in [-0.1, -0.05) is 0 Å². The summed E-state index contributed by atoms with van der Waals surface area (Å²) in [4.78, 5) is 5.68. The molecule has 0 aromatic carbocycles. The van der Waals surface area contributed by atoms with E-state index in [4.69, 9.17) is 0 Å². The molecule has 14 heavy (non-hydrogen) atoms. The molecule has 1 aliphatic rings. The molecular weight excluding hydrogens is 194 g/mol. The number of nitrogens with one attached hydrogen (secondary N) is 1. The molecule has 1 atom stereocenters. The first-order valence-electron chi connectivity index (χ1n) is 5.01. The summed E-state index contributed by atoms with van der Waals surface area (Å²) in [7, 11) is 0. The number of thiazole rings is 1. The average Bonchev–Trinajstić information content (AvgIpc) is 2.78. The van der Waals surface area contributed by atoms with Crippen LogP contribution in [0, 0.1) is 6.92 Å². The molecule has 0 spiro atoms. The van der Waals surface area contributed by atoms with Crippen molar-refractivity contribution in [3.63, 3.8) is 0 Å². The largest absolute Gasteiger partial charge is 0.309 e. The molecule has 1 unspecified atom stereocenters. The van der Waals surface area contributed by atoms with Gasteiger partial charge < -0.3 is 5.32 Å². The fourth-order valence-electron chi connectivity index (χ4n) is 2.25. The smallest absolute Gasteiger partial charge is 0.194 e. The molecule has 2 aromatic rings. The number of hydrogen-bond donors (Lipinski definition) is 1. The van der Waals surface area contributed by atoms with Crippen LogP contribution in [-0.2, 0) is 0 Å². The standard InChI is InChI=1S/C10H13N3S/c1-7-9(8-3-2-4-11-8)13-5-6-14-10(13)12-7/h5-6,8,11H,2-4H2,1H3. The molecule has 74 valence electrons. The van der Waals surface area contributed by atoms with Crippen molar-refractivity contribution in [1.82, 2.24) is 14.7 Å². The monoisotopic (exact) mass is 207 g/mol. The number of fused-ring (bicyclic) bond motifs is 1. The van der Waals surface area contributed by atoms with Gasteiger partial charge in [0.25, 0.3) is 0 Å². The molecule has 3 rings (SSSR count). The van der Waals surface area contributed by atoms with Gasteiger partial charge in [-0.05, 0) is 26.3 Å². The molecular formula is C10H13N3S. The van der Waals surface area contributed by atoms with Crippen molar-refractivity contribution < 1.29 is 0 Å². The Hall–Kier alpha value is -0.870. The predicted molar refractivity (Wildman–Crippen MR) is 57.8 cm³/mol. The fraction of sp³-hybridized carbons (Fsp3) is 0.500. The summed E-state index contributed by atoms with van der Waals surface area (Å²) in [6, 6.07) is 0.514. The number of hydrogen-bond acceptors (Lipinski definition) is 3. The second-order valence-corrected chi connectivity index (χ2v) is 4.66. The fourth-order valence-corrected chi connectivity index (χ4v) is 3.02. The molecule has 1 aliphatic heterocycles. The highest BCUT2D eigenvalue weighted by atomic mass is 32.1. The minimum atomic E-state index is 0.514. The Morgan fingerprint density at radius 1 is 1.64 bits per heavy atom. The van der Waals surface area contributed by atoms with Gasteiger partial charge in [-0.2, -0.15) is 0 Å². The van der Waals surface area contributed by atoms with E-state index in [0.29, 0.717) is 6.04 Å². The molecule has 0 aliphatic carbocycles. The molecule has 0 radical (unpaired) electrons. The number of aromatic nitrogens is 2. The zero-order valence-corrected chi connectivity index (χ0v) is 8.97. The zero-order valence-electron chi connectivity index (χ0n) is 8.16. The lowest BCUT2D eigenvalue weighted by molar-refractivity contribution is 0.618. The van der Waals surface area contributed by atoms with Crippen LogP contribution in [0.2, 0.25) is 0 Å². The van der Waals surface area contributed by atoms with Crippen LogP contribution in [0.4, 0.5) is 0 Å². The summed E-state index contributed by atoms with van der Waals surface area (Å²) in [6.07, 6.45) is 4.64. The minimum Gasteiger partial charge on any atom is -0.309 e. The maximum absolute atomic E-state index is 4.56. The van der Waals surface area contributed by atoms with Crippen LogP contribution in [0.1, 0.15) is 30.3 Å². The van der Waals surface area contributed by atoms with E-state index < -0.39 is 0 Å². The van der Waals surface area contributed by atoms with Crippen molar-refractivity contribution in [2.45, 2.75) is 25.8 Å². The molecule has 0 bridgehead atoms. The summed E-state index contributed by atoms with van der Waals surface area (Å²) in [5.74, 6) is 0. The van der Waals surface area contributed by atoms with Crippen molar-refractivity contribution in [1.29, 1.82) is 0 Å². The first kappa shape index (κ1) is 8.44. The lowest BCUT2D eigenvalue weighted by atomic mass is 10.1. The van der Waals surface area contributed by atoms with Gasteiger partial charge in [0.05, 0.1) is 11.4 Å². The highest BCUT2D eigenvalue weighted by Gasteiger charge is 2.22. The van der Waals surface area contributed by atoms with E-state index in [-0.39, 0.29) is 0 Å². The molecule has 1 saturated heterocycles. The van der Waals surface area contributed by atoms with E-state index in [9.17, 15) is 0 Å². The summed E-state index contributed by atoms with van der Waals surface area (Å²) < 4.78 is 2.23. The van der Waals surface area contributed by atoms with Gasteiger partial charge in [0.2, 0.25) is 0 Å². The molecule has 1 N–H and O–H groups in total. The van der Waals surface area contributed by atoms with Crippen LogP contribution in [-0.4, -0.2) is 15.9 Å². The topological polar surface area (TPSA) is 29.3 Å². The molecule has 0 saturated carbocycles. The van der Waals surface area contributed by atoms with Crippen molar-refractivity contribution >= 4 is 16.3 Å². The first-order valence-corrected chi connectivity index (χ1v) is 5.89. The maximum atomic E-state index is 4.56. The Kier molecular flexibility index (Phi) is 1.85. The van der Waals surface area contributed by atoms with Crippen molar-refractivity contribution in [3.8, 4) is 0 Å². The van der Waals surface area contributed by atoms with Gasteiger partial charge in [-0.15, -0.1) is 11.3 Å². The number of nitrogens with zero attached hydrogens (tertiary/aromatic N) is 2. The van der Waals surface area contributed by atoms with Crippen LogP contribution in [0.15, 0.2) is 11.6 Å². The Balaban J connectivity index is 2.16. The third kappa shape index (κ3) is 1.11. The summed E-state index contributed by atoms with van der Waals surface area (Å²) in [6.45, 7) is 3.25. The number of imidazole rings is 1. The second kappa shape index (κ2) is 3.07. The average molecular weight is 207 g/mol. The highest BCUT2D eigenvalue weighted by molar-refractivity contribution is 7.15. The van der Waals surface area contributed by atoms with Gasteiger partial charge in [-0.25, -0.2) is 4.98 Å². The minimum absolute atomic E-state index is 0.514. The van der Waals surface area contributed by atoms with Gasteiger partial charge in [0.15, 0.2) is 4.96 Å². The van der Waals surface area contributed by atoms with Crippen LogP contribution in [0.3, 0.4) is 0 Å². The van der Waals surface area contributed by atoms with Gasteiger partial charge in [-0.3, -0.25) is 4.40 Å². The van der Waals surface area contributed by atoms with Gasteiger partial charge in [0.1, 0.15) is 0 Å². The third-order valence-electron chi connectivity index (χ3n) is 2.87. The van der Waals surface area contributed by atoms with Gasteiger partial charge >= 0.3 is 0 Å².